The van der Waals surface area contributed by atoms with Gasteiger partial charge in [-0.2, -0.15) is 0 Å². The molecule has 0 saturated heterocycles. The van der Waals surface area contributed by atoms with Crippen LogP contribution in [0, 0.1) is 6.92 Å². The van der Waals surface area contributed by atoms with E-state index in [4.69, 9.17) is 9.15 Å². The average molecular weight is 342 g/mol. The molecule has 0 radical (unpaired) electrons. The molecule has 0 atom stereocenters. The Kier molecular flexibility index (Phi) is 5.43. The molecule has 1 aromatic heterocycles. The molecule has 0 saturated carbocycles. The van der Waals surface area contributed by atoms with Crippen molar-refractivity contribution in [2.45, 2.75) is 32.9 Å². The molecule has 1 aliphatic heterocycles. The van der Waals surface area contributed by atoms with Gasteiger partial charge in [-0.1, -0.05) is 12.1 Å². The van der Waals surface area contributed by atoms with Crippen LogP contribution in [-0.2, 0) is 24.3 Å². The number of benzene rings is 1. The number of carbonyl (C=O) groups excluding carboxylic acids is 1. The van der Waals surface area contributed by atoms with Gasteiger partial charge in [0.15, 0.2) is 0 Å². The zero-order chi connectivity index (χ0) is 17.8. The van der Waals surface area contributed by atoms with Crippen LogP contribution in [0.1, 0.15) is 29.1 Å². The Hall–Kier alpha value is -2.27. The molecule has 1 amide bonds. The van der Waals surface area contributed by atoms with E-state index in [2.05, 4.69) is 17.0 Å². The first kappa shape index (κ1) is 17.5. The molecule has 5 nitrogen and oxygen atoms in total. The lowest BCUT2D eigenvalue weighted by atomic mass is 10.0. The van der Waals surface area contributed by atoms with E-state index in [9.17, 15) is 4.79 Å². The van der Waals surface area contributed by atoms with E-state index in [1.54, 1.807) is 19.0 Å². The molecule has 1 aliphatic rings. The minimum Gasteiger partial charge on any atom is -0.492 e. The van der Waals surface area contributed by atoms with Crippen LogP contribution in [0.5, 0.6) is 5.75 Å². The number of fused-ring (bicyclic) bond motifs is 1. The van der Waals surface area contributed by atoms with Crippen LogP contribution < -0.4 is 4.74 Å². The maximum atomic E-state index is 11.8. The number of carbonyl (C=O) groups is 1. The average Bonchev–Trinajstić information content (AvgIpc) is 2.88. The minimum absolute atomic E-state index is 0.154. The monoisotopic (exact) mass is 342 g/mol. The van der Waals surface area contributed by atoms with Crippen molar-refractivity contribution in [2.24, 2.45) is 0 Å². The predicted molar refractivity (Wildman–Crippen MR) is 96.5 cm³/mol. The van der Waals surface area contributed by atoms with Crippen molar-refractivity contribution in [3.05, 3.63) is 53.0 Å². The summed E-state index contributed by atoms with van der Waals surface area (Å²) in [6.45, 7) is 5.10. The van der Waals surface area contributed by atoms with Crippen molar-refractivity contribution in [1.82, 2.24) is 9.80 Å². The molecule has 2 heterocycles. The van der Waals surface area contributed by atoms with Crippen LogP contribution in [-0.4, -0.2) is 43.0 Å². The first-order valence-electron chi connectivity index (χ1n) is 8.73. The fourth-order valence-electron chi connectivity index (χ4n) is 3.06. The maximum absolute atomic E-state index is 11.8. The van der Waals surface area contributed by atoms with Crippen molar-refractivity contribution >= 4 is 5.91 Å². The second kappa shape index (κ2) is 7.74. The fraction of sp³-hybridized carbons (Fsp3) is 0.450. The summed E-state index contributed by atoms with van der Waals surface area (Å²) in [6.07, 6.45) is 1.28. The van der Waals surface area contributed by atoms with E-state index < -0.39 is 0 Å². The van der Waals surface area contributed by atoms with Crippen LogP contribution in [0.25, 0.3) is 0 Å². The summed E-state index contributed by atoms with van der Waals surface area (Å²) in [7, 11) is 3.59. The van der Waals surface area contributed by atoms with Gasteiger partial charge >= 0.3 is 0 Å². The molecule has 0 unspecified atom stereocenters. The lowest BCUT2D eigenvalue weighted by Gasteiger charge is -2.18. The van der Waals surface area contributed by atoms with Gasteiger partial charge in [0, 0.05) is 39.2 Å². The first-order chi connectivity index (χ1) is 12.0. The van der Waals surface area contributed by atoms with Gasteiger partial charge in [0.05, 0.1) is 6.54 Å². The summed E-state index contributed by atoms with van der Waals surface area (Å²) in [6, 6.07) is 10.3. The summed E-state index contributed by atoms with van der Waals surface area (Å²) >= 11 is 0. The van der Waals surface area contributed by atoms with Gasteiger partial charge in [0.25, 0.3) is 0 Å². The van der Waals surface area contributed by atoms with Crippen LogP contribution in [0.15, 0.2) is 34.7 Å². The Balaban J connectivity index is 1.68. The molecule has 0 spiro atoms. The third kappa shape index (κ3) is 4.63. The minimum atomic E-state index is 0.154. The van der Waals surface area contributed by atoms with E-state index in [0.717, 1.165) is 43.3 Å². The number of furan rings is 1. The maximum Gasteiger partial charge on any atom is 0.222 e. The quantitative estimate of drug-likeness (QED) is 0.838. The summed E-state index contributed by atoms with van der Waals surface area (Å²) in [5, 5.41) is 0. The van der Waals surface area contributed by atoms with Gasteiger partial charge < -0.3 is 14.1 Å². The highest BCUT2D eigenvalue weighted by molar-refractivity contribution is 5.75. The van der Waals surface area contributed by atoms with E-state index in [1.807, 2.05) is 25.1 Å². The summed E-state index contributed by atoms with van der Waals surface area (Å²) in [5.74, 6) is 3.02. The van der Waals surface area contributed by atoms with E-state index >= 15 is 0 Å². The van der Waals surface area contributed by atoms with Crippen molar-refractivity contribution in [3.8, 4) is 5.75 Å². The van der Waals surface area contributed by atoms with Gasteiger partial charge in [-0.3, -0.25) is 9.69 Å². The number of aryl methyl sites for hydroxylation is 2. The molecule has 134 valence electrons. The van der Waals surface area contributed by atoms with Crippen molar-refractivity contribution < 1.29 is 13.9 Å². The van der Waals surface area contributed by atoms with Gasteiger partial charge in [-0.05, 0) is 37.1 Å². The standard InChI is InChI=1S/C20H26N2O3/c1-15-4-7-18(25-15)14-22-10-11-24-19-8-5-16(12-17(19)13-22)6-9-20(23)21(2)3/h4-5,7-8,12H,6,9-11,13-14H2,1-3H3. The number of nitrogens with zero attached hydrogens (tertiary/aromatic N) is 2. The highest BCUT2D eigenvalue weighted by Crippen LogP contribution is 2.26. The molecule has 0 N–H and O–H groups in total. The Morgan fingerprint density at radius 3 is 2.80 bits per heavy atom. The van der Waals surface area contributed by atoms with Crippen molar-refractivity contribution in [3.63, 3.8) is 0 Å². The second-order valence-corrected chi connectivity index (χ2v) is 6.80. The number of hydrogen-bond acceptors (Lipinski definition) is 4. The second-order valence-electron chi connectivity index (χ2n) is 6.80. The third-order valence-electron chi connectivity index (χ3n) is 4.49. The Morgan fingerprint density at radius 2 is 2.08 bits per heavy atom. The highest BCUT2D eigenvalue weighted by Gasteiger charge is 2.17. The van der Waals surface area contributed by atoms with Crippen molar-refractivity contribution in [2.75, 3.05) is 27.2 Å². The van der Waals surface area contributed by atoms with Gasteiger partial charge in [-0.15, -0.1) is 0 Å². The third-order valence-corrected chi connectivity index (χ3v) is 4.49. The Labute approximate surface area is 149 Å². The number of amides is 1. The topological polar surface area (TPSA) is 45.9 Å². The lowest BCUT2D eigenvalue weighted by Crippen LogP contribution is -2.25. The number of hydrogen-bond donors (Lipinski definition) is 0. The largest absolute Gasteiger partial charge is 0.492 e. The van der Waals surface area contributed by atoms with Gasteiger partial charge in [0.1, 0.15) is 23.9 Å². The number of ether oxygens (including phenoxy) is 1. The summed E-state index contributed by atoms with van der Waals surface area (Å²) in [5.41, 5.74) is 2.35. The predicted octanol–water partition coefficient (Wildman–Crippen LogP) is 3.00. The van der Waals surface area contributed by atoms with Crippen LogP contribution in [0.2, 0.25) is 0 Å². The SMILES string of the molecule is Cc1ccc(CN2CCOc3ccc(CCC(=O)N(C)C)cc3C2)o1. The molecule has 5 heteroatoms. The molecule has 2 aromatic rings. The Morgan fingerprint density at radius 1 is 1.24 bits per heavy atom. The normalized spacial score (nSPS) is 14.5. The molecular formula is C20H26N2O3. The number of rotatable bonds is 5. The van der Waals surface area contributed by atoms with Gasteiger partial charge in [-0.25, -0.2) is 0 Å². The smallest absolute Gasteiger partial charge is 0.222 e. The molecular weight excluding hydrogens is 316 g/mol. The molecule has 0 fully saturated rings. The molecule has 0 aliphatic carbocycles. The van der Waals surface area contributed by atoms with Crippen LogP contribution in [0.3, 0.4) is 0 Å². The molecule has 1 aromatic carbocycles. The summed E-state index contributed by atoms with van der Waals surface area (Å²) < 4.78 is 11.6. The van der Waals surface area contributed by atoms with Crippen LogP contribution >= 0.6 is 0 Å². The zero-order valence-electron chi connectivity index (χ0n) is 15.2. The summed E-state index contributed by atoms with van der Waals surface area (Å²) in [4.78, 5) is 15.8. The van der Waals surface area contributed by atoms with Crippen molar-refractivity contribution in [1.29, 1.82) is 0 Å². The first-order valence-corrected chi connectivity index (χ1v) is 8.73. The van der Waals surface area contributed by atoms with Gasteiger partial charge in [0.2, 0.25) is 5.91 Å². The highest BCUT2D eigenvalue weighted by atomic mass is 16.5. The fourth-order valence-corrected chi connectivity index (χ4v) is 3.06. The molecule has 0 bridgehead atoms. The van der Waals surface area contributed by atoms with E-state index in [1.165, 1.54) is 11.1 Å². The lowest BCUT2D eigenvalue weighted by molar-refractivity contribution is -0.128. The van der Waals surface area contributed by atoms with E-state index in [0.29, 0.717) is 13.0 Å². The molecule has 3 rings (SSSR count). The Bertz CT molecular complexity index is 736. The van der Waals surface area contributed by atoms with E-state index in [-0.39, 0.29) is 5.91 Å². The zero-order valence-corrected chi connectivity index (χ0v) is 15.2. The van der Waals surface area contributed by atoms with Crippen LogP contribution in [0.4, 0.5) is 0 Å². The molecule has 25 heavy (non-hydrogen) atoms.